The maximum Gasteiger partial charge on any atom is 0.247 e. The van der Waals surface area contributed by atoms with Gasteiger partial charge in [-0.05, 0) is 30.7 Å². The number of carbonyl (C=O) groups excluding carboxylic acids is 2. The van der Waals surface area contributed by atoms with Crippen molar-refractivity contribution in [3.05, 3.63) is 84.1 Å². The van der Waals surface area contributed by atoms with Crippen LogP contribution in [0.3, 0.4) is 0 Å². The Morgan fingerprint density at radius 2 is 1.81 bits per heavy atom. The first-order chi connectivity index (χ1) is 12.7. The molecule has 0 bridgehead atoms. The van der Waals surface area contributed by atoms with Gasteiger partial charge in [-0.3, -0.25) is 14.6 Å². The number of benzene rings is 2. The zero-order valence-corrected chi connectivity index (χ0v) is 14.5. The number of fused-ring (bicyclic) bond motifs is 1. The summed E-state index contributed by atoms with van der Waals surface area (Å²) in [6.07, 6.45) is 5.04. The molecule has 0 aliphatic heterocycles. The molecular formula is C22H19N2O2. The monoisotopic (exact) mass is 343 g/mol. The van der Waals surface area contributed by atoms with Gasteiger partial charge in [0.25, 0.3) is 0 Å². The molecule has 1 atom stereocenters. The molecule has 4 heteroatoms. The summed E-state index contributed by atoms with van der Waals surface area (Å²) in [6.45, 7) is 1.76. The van der Waals surface area contributed by atoms with Crippen molar-refractivity contribution >= 4 is 29.2 Å². The molecule has 0 aliphatic rings. The topological polar surface area (TPSA) is 50.3 Å². The van der Waals surface area contributed by atoms with E-state index >= 15 is 0 Å². The minimum Gasteiger partial charge on any atom is -0.323 e. The summed E-state index contributed by atoms with van der Waals surface area (Å²) in [5.74, 6) is -0.250. The molecule has 1 aromatic heterocycles. The zero-order valence-electron chi connectivity index (χ0n) is 14.5. The zero-order chi connectivity index (χ0) is 18.4. The lowest BCUT2D eigenvalue weighted by atomic mass is 10.1. The SMILES string of the molecule is CC(c1ccc2ccccc2n1)N(C[C]=O)C(=O)/C=C/c1ccccc1. The van der Waals surface area contributed by atoms with Crippen molar-refractivity contribution in [1.29, 1.82) is 0 Å². The summed E-state index contributed by atoms with van der Waals surface area (Å²) in [6, 6.07) is 20.9. The van der Waals surface area contributed by atoms with Crippen LogP contribution in [0.15, 0.2) is 72.8 Å². The molecule has 1 radical (unpaired) electrons. The summed E-state index contributed by atoms with van der Waals surface area (Å²) in [5, 5.41) is 1.03. The van der Waals surface area contributed by atoms with Gasteiger partial charge in [0.1, 0.15) is 0 Å². The number of nitrogens with zero attached hydrogens (tertiary/aromatic N) is 2. The highest BCUT2D eigenvalue weighted by atomic mass is 16.2. The second-order valence-corrected chi connectivity index (χ2v) is 5.96. The fourth-order valence-corrected chi connectivity index (χ4v) is 2.78. The summed E-state index contributed by atoms with van der Waals surface area (Å²) < 4.78 is 0. The van der Waals surface area contributed by atoms with E-state index in [1.165, 1.54) is 11.0 Å². The number of hydrogen-bond acceptors (Lipinski definition) is 3. The molecular weight excluding hydrogens is 324 g/mol. The first-order valence-electron chi connectivity index (χ1n) is 8.43. The molecule has 0 saturated carbocycles. The minimum absolute atomic E-state index is 0.104. The van der Waals surface area contributed by atoms with Gasteiger partial charge in [0.2, 0.25) is 12.2 Å². The summed E-state index contributed by atoms with van der Waals surface area (Å²) in [7, 11) is 0. The standard InChI is InChI=1S/C22H19N2O2/c1-17(20-13-12-19-9-5-6-10-21(19)23-20)24(15-16-25)22(26)14-11-18-7-3-2-4-8-18/h2-14,17H,15H2,1H3/b14-11+. The van der Waals surface area contributed by atoms with Gasteiger partial charge < -0.3 is 4.90 Å². The van der Waals surface area contributed by atoms with Crippen molar-refractivity contribution in [3.8, 4) is 0 Å². The van der Waals surface area contributed by atoms with Gasteiger partial charge in [-0.1, -0.05) is 54.6 Å². The van der Waals surface area contributed by atoms with Crippen molar-refractivity contribution in [1.82, 2.24) is 9.88 Å². The molecule has 3 rings (SSSR count). The molecule has 0 spiro atoms. The number of rotatable bonds is 6. The van der Waals surface area contributed by atoms with E-state index in [2.05, 4.69) is 4.98 Å². The van der Waals surface area contributed by atoms with Crippen LogP contribution >= 0.6 is 0 Å². The molecule has 0 aliphatic carbocycles. The number of carbonyl (C=O) groups is 1. The average Bonchev–Trinajstić information content (AvgIpc) is 2.70. The third-order valence-electron chi connectivity index (χ3n) is 4.25. The van der Waals surface area contributed by atoms with Crippen molar-refractivity contribution in [2.45, 2.75) is 13.0 Å². The Kier molecular flexibility index (Phi) is 5.54. The molecule has 26 heavy (non-hydrogen) atoms. The lowest BCUT2D eigenvalue weighted by Gasteiger charge is -2.25. The van der Waals surface area contributed by atoms with E-state index in [1.807, 2.05) is 79.9 Å². The van der Waals surface area contributed by atoms with Crippen LogP contribution in [0, 0.1) is 0 Å². The smallest absolute Gasteiger partial charge is 0.247 e. The Bertz CT molecular complexity index is 935. The fraction of sp³-hybridized carbons (Fsp3) is 0.136. The van der Waals surface area contributed by atoms with Gasteiger partial charge in [-0.2, -0.15) is 0 Å². The molecule has 0 fully saturated rings. The molecule has 4 nitrogen and oxygen atoms in total. The van der Waals surface area contributed by atoms with Crippen LogP contribution in [0.2, 0.25) is 0 Å². The van der Waals surface area contributed by atoms with E-state index in [0.29, 0.717) is 0 Å². The molecule has 1 unspecified atom stereocenters. The third kappa shape index (κ3) is 4.03. The fourth-order valence-electron chi connectivity index (χ4n) is 2.78. The van der Waals surface area contributed by atoms with Crippen molar-refractivity contribution < 1.29 is 9.59 Å². The number of hydrogen-bond donors (Lipinski definition) is 0. The third-order valence-corrected chi connectivity index (χ3v) is 4.25. The van der Waals surface area contributed by atoms with Crippen molar-refractivity contribution in [3.63, 3.8) is 0 Å². The molecule has 1 heterocycles. The van der Waals surface area contributed by atoms with Gasteiger partial charge in [0.05, 0.1) is 23.8 Å². The van der Waals surface area contributed by atoms with E-state index in [0.717, 1.165) is 22.2 Å². The highest BCUT2D eigenvalue weighted by molar-refractivity contribution is 5.93. The van der Waals surface area contributed by atoms with E-state index in [-0.39, 0.29) is 18.5 Å². The number of amides is 1. The predicted octanol–water partition coefficient (Wildman–Crippen LogP) is 3.95. The second-order valence-electron chi connectivity index (χ2n) is 5.96. The van der Waals surface area contributed by atoms with E-state index in [4.69, 9.17) is 0 Å². The number of aromatic nitrogens is 1. The van der Waals surface area contributed by atoms with E-state index in [9.17, 15) is 9.59 Å². The molecule has 0 N–H and O–H groups in total. The van der Waals surface area contributed by atoms with Crippen LogP contribution in [0.5, 0.6) is 0 Å². The molecule has 1 amide bonds. The largest absolute Gasteiger partial charge is 0.323 e. The van der Waals surface area contributed by atoms with Gasteiger partial charge in [-0.15, -0.1) is 0 Å². The van der Waals surface area contributed by atoms with Crippen LogP contribution in [-0.2, 0) is 9.59 Å². The Labute approximate surface area is 152 Å². The van der Waals surface area contributed by atoms with Gasteiger partial charge >= 0.3 is 0 Å². The van der Waals surface area contributed by atoms with E-state index < -0.39 is 0 Å². The Morgan fingerprint density at radius 1 is 1.08 bits per heavy atom. The van der Waals surface area contributed by atoms with Crippen molar-refractivity contribution in [2.75, 3.05) is 6.54 Å². The molecule has 129 valence electrons. The highest BCUT2D eigenvalue weighted by Gasteiger charge is 2.21. The average molecular weight is 343 g/mol. The van der Waals surface area contributed by atoms with Gasteiger partial charge in [-0.25, -0.2) is 0 Å². The lowest BCUT2D eigenvalue weighted by Crippen LogP contribution is -2.34. The molecule has 0 saturated heterocycles. The Morgan fingerprint density at radius 3 is 2.58 bits per heavy atom. The van der Waals surface area contributed by atoms with Crippen molar-refractivity contribution in [2.24, 2.45) is 0 Å². The lowest BCUT2D eigenvalue weighted by molar-refractivity contribution is -0.127. The predicted molar refractivity (Wildman–Crippen MR) is 103 cm³/mol. The molecule has 2 aromatic carbocycles. The number of pyridine rings is 1. The highest BCUT2D eigenvalue weighted by Crippen LogP contribution is 2.21. The van der Waals surface area contributed by atoms with Crippen LogP contribution in [-0.4, -0.2) is 28.6 Å². The quantitative estimate of drug-likeness (QED) is 0.637. The molecule has 3 aromatic rings. The van der Waals surface area contributed by atoms with Crippen LogP contribution in [0.1, 0.15) is 24.2 Å². The summed E-state index contributed by atoms with van der Waals surface area (Å²) >= 11 is 0. The Balaban J connectivity index is 1.84. The van der Waals surface area contributed by atoms with Crippen LogP contribution in [0.25, 0.3) is 17.0 Å². The Hall–Kier alpha value is -3.27. The van der Waals surface area contributed by atoms with Crippen LogP contribution in [0.4, 0.5) is 0 Å². The second kappa shape index (κ2) is 8.21. The first-order valence-corrected chi connectivity index (χ1v) is 8.43. The van der Waals surface area contributed by atoms with E-state index in [1.54, 1.807) is 6.08 Å². The minimum atomic E-state index is -0.339. The van der Waals surface area contributed by atoms with Crippen LogP contribution < -0.4 is 0 Å². The van der Waals surface area contributed by atoms with Gasteiger partial charge in [0.15, 0.2) is 0 Å². The number of para-hydroxylation sites is 1. The first kappa shape index (κ1) is 17.5. The summed E-state index contributed by atoms with van der Waals surface area (Å²) in [4.78, 5) is 29.7. The van der Waals surface area contributed by atoms with Gasteiger partial charge in [0, 0.05) is 11.5 Å². The normalized spacial score (nSPS) is 12.2. The summed E-state index contributed by atoms with van der Waals surface area (Å²) in [5.41, 5.74) is 2.52. The maximum absolute atomic E-state index is 12.6. The maximum atomic E-state index is 12.6.